The highest BCUT2D eigenvalue weighted by molar-refractivity contribution is 7.91. The topological polar surface area (TPSA) is 81.7 Å². The van der Waals surface area contributed by atoms with Crippen LogP contribution in [0.15, 0.2) is 0 Å². The van der Waals surface area contributed by atoms with Crippen molar-refractivity contribution in [2.24, 2.45) is 5.41 Å². The first-order valence-corrected chi connectivity index (χ1v) is 7.40. The molecule has 2 aliphatic heterocycles. The first-order valence-electron chi connectivity index (χ1n) is 5.57. The molecule has 2 fully saturated rings. The van der Waals surface area contributed by atoms with Gasteiger partial charge in [-0.2, -0.15) is 0 Å². The van der Waals surface area contributed by atoms with Crippen LogP contribution < -0.4 is 5.32 Å². The van der Waals surface area contributed by atoms with Crippen LogP contribution in [-0.2, 0) is 24.1 Å². The molecule has 6 nitrogen and oxygen atoms in total. The predicted octanol–water partition coefficient (Wildman–Crippen LogP) is -1.05. The van der Waals surface area contributed by atoms with Gasteiger partial charge in [0.2, 0.25) is 0 Å². The van der Waals surface area contributed by atoms with Crippen LogP contribution in [0.4, 0.5) is 0 Å². The van der Waals surface area contributed by atoms with E-state index in [1.807, 2.05) is 0 Å². The van der Waals surface area contributed by atoms with Gasteiger partial charge in [0.25, 0.3) is 0 Å². The fraction of sp³-hybridized carbons (Fsp3) is 0.900. The zero-order valence-electron chi connectivity index (χ0n) is 9.77. The molecule has 1 N–H and O–H groups in total. The highest BCUT2D eigenvalue weighted by Crippen LogP contribution is 2.28. The summed E-state index contributed by atoms with van der Waals surface area (Å²) >= 11 is 0. The maximum Gasteiger partial charge on any atom is 0.317 e. The SMILES string of the molecule is COC(=O)C1(CNC2CCS(=O)(=O)C2)COC1. The van der Waals surface area contributed by atoms with Crippen molar-refractivity contribution in [3.05, 3.63) is 0 Å². The number of esters is 1. The minimum Gasteiger partial charge on any atom is -0.468 e. The standard InChI is InChI=1S/C10H17NO5S/c1-15-9(12)10(6-16-7-10)5-11-8-2-3-17(13,14)4-8/h8,11H,2-7H2,1H3. The van der Waals surface area contributed by atoms with Gasteiger partial charge in [-0.3, -0.25) is 4.79 Å². The molecule has 2 aliphatic rings. The van der Waals surface area contributed by atoms with Gasteiger partial charge in [0, 0.05) is 12.6 Å². The summed E-state index contributed by atoms with van der Waals surface area (Å²) in [5.74, 6) is 0.0921. The van der Waals surface area contributed by atoms with E-state index < -0.39 is 15.3 Å². The first kappa shape index (κ1) is 12.8. The van der Waals surface area contributed by atoms with Crippen LogP contribution in [-0.4, -0.2) is 58.8 Å². The van der Waals surface area contributed by atoms with Gasteiger partial charge in [0.05, 0.1) is 31.8 Å². The molecule has 0 radical (unpaired) electrons. The highest BCUT2D eigenvalue weighted by atomic mass is 32.2. The lowest BCUT2D eigenvalue weighted by Gasteiger charge is -2.39. The van der Waals surface area contributed by atoms with E-state index in [2.05, 4.69) is 5.32 Å². The largest absolute Gasteiger partial charge is 0.468 e. The van der Waals surface area contributed by atoms with E-state index >= 15 is 0 Å². The Labute approximate surface area is 101 Å². The Balaban J connectivity index is 1.87. The number of rotatable bonds is 4. The number of carbonyl (C=O) groups excluding carboxylic acids is 1. The molecule has 0 aliphatic carbocycles. The van der Waals surface area contributed by atoms with E-state index in [0.29, 0.717) is 26.2 Å². The average molecular weight is 263 g/mol. The Hall–Kier alpha value is -0.660. The predicted molar refractivity (Wildman–Crippen MR) is 60.3 cm³/mol. The van der Waals surface area contributed by atoms with Gasteiger partial charge in [-0.15, -0.1) is 0 Å². The van der Waals surface area contributed by atoms with Crippen LogP contribution in [0.25, 0.3) is 0 Å². The van der Waals surface area contributed by atoms with Crippen molar-refractivity contribution in [2.45, 2.75) is 12.5 Å². The van der Waals surface area contributed by atoms with Crippen molar-refractivity contribution < 1.29 is 22.7 Å². The molecule has 2 heterocycles. The zero-order chi connectivity index (χ0) is 12.5. The zero-order valence-corrected chi connectivity index (χ0v) is 10.6. The Kier molecular flexibility index (Phi) is 3.42. The fourth-order valence-corrected chi connectivity index (χ4v) is 3.86. The monoisotopic (exact) mass is 263 g/mol. The van der Waals surface area contributed by atoms with E-state index in [1.54, 1.807) is 0 Å². The van der Waals surface area contributed by atoms with Crippen LogP contribution in [0.3, 0.4) is 0 Å². The number of hydrogen-bond donors (Lipinski definition) is 1. The summed E-state index contributed by atoms with van der Waals surface area (Å²) in [7, 11) is -1.54. The summed E-state index contributed by atoms with van der Waals surface area (Å²) in [6.45, 7) is 1.10. The molecule has 98 valence electrons. The maximum absolute atomic E-state index is 11.6. The van der Waals surface area contributed by atoms with Gasteiger partial charge in [-0.25, -0.2) is 8.42 Å². The third kappa shape index (κ3) is 2.61. The lowest BCUT2D eigenvalue weighted by Crippen LogP contribution is -2.57. The van der Waals surface area contributed by atoms with Crippen molar-refractivity contribution in [3.63, 3.8) is 0 Å². The molecule has 0 bridgehead atoms. The molecule has 2 rings (SSSR count). The molecule has 7 heteroatoms. The van der Waals surface area contributed by atoms with Crippen LogP contribution in [0.1, 0.15) is 6.42 Å². The summed E-state index contributed by atoms with van der Waals surface area (Å²) < 4.78 is 32.4. The molecule has 0 spiro atoms. The molecular weight excluding hydrogens is 246 g/mol. The van der Waals surface area contributed by atoms with Crippen molar-refractivity contribution in [1.82, 2.24) is 5.32 Å². The Morgan fingerprint density at radius 2 is 2.24 bits per heavy atom. The van der Waals surface area contributed by atoms with Gasteiger partial charge in [-0.1, -0.05) is 0 Å². The van der Waals surface area contributed by atoms with Crippen LogP contribution in [0.2, 0.25) is 0 Å². The number of ether oxygens (including phenoxy) is 2. The van der Waals surface area contributed by atoms with Gasteiger partial charge >= 0.3 is 5.97 Å². The number of sulfone groups is 1. The van der Waals surface area contributed by atoms with Gasteiger partial charge in [0.1, 0.15) is 5.41 Å². The van der Waals surface area contributed by atoms with Crippen LogP contribution >= 0.6 is 0 Å². The van der Waals surface area contributed by atoms with Gasteiger partial charge in [-0.05, 0) is 6.42 Å². The summed E-state index contributed by atoms with van der Waals surface area (Å²) in [5, 5.41) is 3.14. The van der Waals surface area contributed by atoms with E-state index in [-0.39, 0.29) is 23.5 Å². The quantitative estimate of drug-likeness (QED) is 0.652. The van der Waals surface area contributed by atoms with Crippen LogP contribution in [0.5, 0.6) is 0 Å². The van der Waals surface area contributed by atoms with E-state index in [0.717, 1.165) is 0 Å². The molecule has 17 heavy (non-hydrogen) atoms. The summed E-state index contributed by atoms with van der Waals surface area (Å²) in [6, 6.07) is -0.0536. The lowest BCUT2D eigenvalue weighted by molar-refractivity contribution is -0.182. The minimum absolute atomic E-state index is 0.0536. The van der Waals surface area contributed by atoms with E-state index in [1.165, 1.54) is 7.11 Å². The molecule has 2 saturated heterocycles. The molecule has 1 atom stereocenters. The first-order chi connectivity index (χ1) is 7.97. The van der Waals surface area contributed by atoms with E-state index in [9.17, 15) is 13.2 Å². The maximum atomic E-state index is 11.6. The van der Waals surface area contributed by atoms with Gasteiger partial charge < -0.3 is 14.8 Å². The van der Waals surface area contributed by atoms with Crippen molar-refractivity contribution in [1.29, 1.82) is 0 Å². The second-order valence-corrected chi connectivity index (χ2v) is 6.97. The highest BCUT2D eigenvalue weighted by Gasteiger charge is 2.47. The second-order valence-electron chi connectivity index (χ2n) is 4.75. The third-order valence-electron chi connectivity index (χ3n) is 3.34. The molecule has 0 saturated carbocycles. The van der Waals surface area contributed by atoms with E-state index in [4.69, 9.17) is 9.47 Å². The smallest absolute Gasteiger partial charge is 0.317 e. The average Bonchev–Trinajstić information content (AvgIpc) is 2.56. The van der Waals surface area contributed by atoms with Crippen molar-refractivity contribution in [3.8, 4) is 0 Å². The number of methoxy groups -OCH3 is 1. The number of hydrogen-bond acceptors (Lipinski definition) is 6. The molecule has 0 aromatic rings. The number of carbonyl (C=O) groups is 1. The normalized spacial score (nSPS) is 29.6. The lowest BCUT2D eigenvalue weighted by atomic mass is 9.85. The van der Waals surface area contributed by atoms with Crippen molar-refractivity contribution in [2.75, 3.05) is 38.4 Å². The van der Waals surface area contributed by atoms with Gasteiger partial charge in [0.15, 0.2) is 9.84 Å². The second kappa shape index (κ2) is 4.55. The Morgan fingerprint density at radius 3 is 2.65 bits per heavy atom. The molecule has 0 aromatic heterocycles. The summed E-state index contributed by atoms with van der Waals surface area (Å²) in [5.41, 5.74) is -0.624. The summed E-state index contributed by atoms with van der Waals surface area (Å²) in [6.07, 6.45) is 0.612. The molecule has 0 amide bonds. The molecular formula is C10H17NO5S. The Morgan fingerprint density at radius 1 is 1.53 bits per heavy atom. The molecule has 0 aromatic carbocycles. The molecule has 1 unspecified atom stereocenters. The summed E-state index contributed by atoms with van der Waals surface area (Å²) in [4.78, 5) is 11.6. The third-order valence-corrected chi connectivity index (χ3v) is 5.10. The minimum atomic E-state index is -2.89. The number of nitrogens with one attached hydrogen (secondary N) is 1. The van der Waals surface area contributed by atoms with Crippen LogP contribution in [0, 0.1) is 5.41 Å². The van der Waals surface area contributed by atoms with Crippen molar-refractivity contribution >= 4 is 15.8 Å². The fourth-order valence-electron chi connectivity index (χ4n) is 2.15. The Bertz CT molecular complexity index is 401.